The van der Waals surface area contributed by atoms with Crippen LogP contribution in [0.5, 0.6) is 0 Å². The van der Waals surface area contributed by atoms with Crippen molar-refractivity contribution < 1.29 is 0 Å². The second kappa shape index (κ2) is 21.2. The molecule has 2 heteroatoms. The van der Waals surface area contributed by atoms with Crippen LogP contribution < -0.4 is 11.5 Å². The summed E-state index contributed by atoms with van der Waals surface area (Å²) in [5.41, 5.74) is 11.8. The fourth-order valence-corrected chi connectivity index (χ4v) is 3.72. The van der Waals surface area contributed by atoms with E-state index in [2.05, 4.69) is 6.92 Å². The molecule has 0 spiro atoms. The molecular weight excluding hydrogens is 316 g/mol. The molecule has 4 N–H and O–H groups in total. The first kappa shape index (κ1) is 25.9. The van der Waals surface area contributed by atoms with Gasteiger partial charge in [0.15, 0.2) is 0 Å². The summed E-state index contributed by atoms with van der Waals surface area (Å²) in [6.45, 7) is 4.31. The van der Waals surface area contributed by atoms with E-state index in [0.717, 1.165) is 6.42 Å². The van der Waals surface area contributed by atoms with Crippen molar-refractivity contribution in [3.8, 4) is 0 Å². The lowest BCUT2D eigenvalue weighted by Gasteiger charge is -2.14. The third-order valence-corrected chi connectivity index (χ3v) is 5.82. The third-order valence-electron chi connectivity index (χ3n) is 5.82. The van der Waals surface area contributed by atoms with Gasteiger partial charge in [-0.1, -0.05) is 129 Å². The minimum atomic E-state index is 0.144. The monoisotopic (exact) mass is 368 g/mol. The van der Waals surface area contributed by atoms with Crippen LogP contribution in [0.2, 0.25) is 0 Å². The first-order valence-electron chi connectivity index (χ1n) is 12.2. The molecule has 0 aromatic heterocycles. The van der Waals surface area contributed by atoms with Gasteiger partial charge in [0.2, 0.25) is 0 Å². The maximum absolute atomic E-state index is 5.97. The van der Waals surface area contributed by atoms with Gasteiger partial charge in [0.1, 0.15) is 0 Å². The molecule has 2 atom stereocenters. The molecule has 26 heavy (non-hydrogen) atoms. The Bertz CT molecular complexity index is 253. The minimum absolute atomic E-state index is 0.144. The van der Waals surface area contributed by atoms with Crippen LogP contribution in [0.3, 0.4) is 0 Å². The van der Waals surface area contributed by atoms with E-state index in [4.69, 9.17) is 11.5 Å². The van der Waals surface area contributed by atoms with Crippen molar-refractivity contribution in [3.63, 3.8) is 0 Å². The molecule has 0 aliphatic rings. The second-order valence-corrected chi connectivity index (χ2v) is 8.68. The van der Waals surface area contributed by atoms with E-state index >= 15 is 0 Å². The zero-order valence-corrected chi connectivity index (χ0v) is 18.5. The van der Waals surface area contributed by atoms with Crippen molar-refractivity contribution in [1.29, 1.82) is 0 Å². The maximum atomic E-state index is 5.97. The predicted molar refractivity (Wildman–Crippen MR) is 120 cm³/mol. The van der Waals surface area contributed by atoms with E-state index in [1.165, 1.54) is 122 Å². The number of unbranched alkanes of at least 4 members (excludes halogenated alkanes) is 18. The molecule has 0 aliphatic carbocycles. The van der Waals surface area contributed by atoms with Crippen LogP contribution in [0.1, 0.15) is 142 Å². The molecule has 0 bridgehead atoms. The molecular formula is C24H52N2. The van der Waals surface area contributed by atoms with Gasteiger partial charge >= 0.3 is 0 Å². The Morgan fingerprint density at radius 1 is 0.462 bits per heavy atom. The van der Waals surface area contributed by atoms with E-state index in [-0.39, 0.29) is 12.1 Å². The number of hydrogen-bond donors (Lipinski definition) is 2. The van der Waals surface area contributed by atoms with Gasteiger partial charge in [-0.3, -0.25) is 0 Å². The second-order valence-electron chi connectivity index (χ2n) is 8.68. The summed E-state index contributed by atoms with van der Waals surface area (Å²) in [5, 5.41) is 0. The van der Waals surface area contributed by atoms with E-state index < -0.39 is 0 Å². The van der Waals surface area contributed by atoms with Crippen molar-refractivity contribution >= 4 is 0 Å². The average Bonchev–Trinajstić information content (AvgIpc) is 2.63. The van der Waals surface area contributed by atoms with Gasteiger partial charge in [0.05, 0.1) is 0 Å². The third kappa shape index (κ3) is 20.2. The zero-order chi connectivity index (χ0) is 19.3. The van der Waals surface area contributed by atoms with Crippen LogP contribution in [0.4, 0.5) is 0 Å². The lowest BCUT2D eigenvalue weighted by molar-refractivity contribution is 0.480. The summed E-state index contributed by atoms with van der Waals surface area (Å²) >= 11 is 0. The molecule has 0 radical (unpaired) electrons. The maximum Gasteiger partial charge on any atom is 0.0189 e. The van der Waals surface area contributed by atoms with Gasteiger partial charge in [-0.25, -0.2) is 0 Å². The molecule has 0 fully saturated rings. The molecule has 0 aromatic carbocycles. The summed E-state index contributed by atoms with van der Waals surface area (Å²) in [6.07, 6.45) is 28.3. The van der Waals surface area contributed by atoms with E-state index in [1.807, 2.05) is 6.92 Å². The predicted octanol–water partition coefficient (Wildman–Crippen LogP) is 7.48. The summed E-state index contributed by atoms with van der Waals surface area (Å²) in [5.74, 6) is 0. The van der Waals surface area contributed by atoms with Crippen LogP contribution in [0.25, 0.3) is 0 Å². The smallest absolute Gasteiger partial charge is 0.0189 e. The molecule has 0 rings (SSSR count). The minimum Gasteiger partial charge on any atom is -0.327 e. The Kier molecular flexibility index (Phi) is 21.2. The molecule has 2 nitrogen and oxygen atoms in total. The Labute approximate surface area is 166 Å². The van der Waals surface area contributed by atoms with E-state index in [0.29, 0.717) is 0 Å². The van der Waals surface area contributed by atoms with E-state index in [9.17, 15) is 0 Å². The van der Waals surface area contributed by atoms with Crippen molar-refractivity contribution in [2.45, 2.75) is 154 Å². The lowest BCUT2D eigenvalue weighted by Crippen LogP contribution is -2.38. The van der Waals surface area contributed by atoms with Crippen LogP contribution >= 0.6 is 0 Å². The lowest BCUT2D eigenvalue weighted by atomic mass is 10.0. The average molecular weight is 369 g/mol. The molecule has 2 unspecified atom stereocenters. The number of rotatable bonds is 21. The number of hydrogen-bond acceptors (Lipinski definition) is 2. The van der Waals surface area contributed by atoms with Crippen LogP contribution in [0, 0.1) is 0 Å². The van der Waals surface area contributed by atoms with Gasteiger partial charge in [-0.15, -0.1) is 0 Å². The van der Waals surface area contributed by atoms with Crippen molar-refractivity contribution in [1.82, 2.24) is 0 Å². The van der Waals surface area contributed by atoms with Gasteiger partial charge < -0.3 is 11.5 Å². The van der Waals surface area contributed by atoms with Crippen LogP contribution in [-0.2, 0) is 0 Å². The molecule has 0 saturated heterocycles. The van der Waals surface area contributed by atoms with E-state index in [1.54, 1.807) is 0 Å². The zero-order valence-electron chi connectivity index (χ0n) is 18.5. The Morgan fingerprint density at radius 2 is 0.731 bits per heavy atom. The van der Waals surface area contributed by atoms with Gasteiger partial charge in [-0.05, 0) is 13.3 Å². The Morgan fingerprint density at radius 3 is 1.00 bits per heavy atom. The summed E-state index contributed by atoms with van der Waals surface area (Å²) in [4.78, 5) is 0. The first-order chi connectivity index (χ1) is 12.7. The largest absolute Gasteiger partial charge is 0.327 e. The van der Waals surface area contributed by atoms with Crippen LogP contribution in [-0.4, -0.2) is 12.1 Å². The standard InChI is InChI=1S/C24H52N2/c1-3-4-5-6-7-8-9-10-11-12-13-14-15-16-17-18-19-20-21-22-24(26)23(2)25/h23-24H,3-22,25-26H2,1-2H3. The molecule has 158 valence electrons. The van der Waals surface area contributed by atoms with Crippen molar-refractivity contribution in [2.24, 2.45) is 11.5 Å². The summed E-state index contributed by atoms with van der Waals surface area (Å²) in [6, 6.07) is 0.339. The highest BCUT2D eigenvalue weighted by atomic mass is 14.8. The summed E-state index contributed by atoms with van der Waals surface area (Å²) < 4.78 is 0. The molecule has 0 heterocycles. The molecule has 0 aromatic rings. The molecule has 0 aliphatic heterocycles. The quantitative estimate of drug-likeness (QED) is 0.206. The van der Waals surface area contributed by atoms with Gasteiger partial charge in [0, 0.05) is 12.1 Å². The topological polar surface area (TPSA) is 52.0 Å². The highest BCUT2D eigenvalue weighted by Crippen LogP contribution is 2.15. The highest BCUT2D eigenvalue weighted by molar-refractivity contribution is 4.70. The van der Waals surface area contributed by atoms with Crippen molar-refractivity contribution in [2.75, 3.05) is 0 Å². The molecule has 0 amide bonds. The van der Waals surface area contributed by atoms with Gasteiger partial charge in [-0.2, -0.15) is 0 Å². The number of nitrogens with two attached hydrogens (primary N) is 2. The van der Waals surface area contributed by atoms with Gasteiger partial charge in [0.25, 0.3) is 0 Å². The van der Waals surface area contributed by atoms with Crippen molar-refractivity contribution in [3.05, 3.63) is 0 Å². The summed E-state index contributed by atoms with van der Waals surface area (Å²) in [7, 11) is 0. The first-order valence-corrected chi connectivity index (χ1v) is 12.2. The Hall–Kier alpha value is -0.0800. The fraction of sp³-hybridized carbons (Fsp3) is 1.00. The molecule has 0 saturated carbocycles. The highest BCUT2D eigenvalue weighted by Gasteiger charge is 2.06. The SMILES string of the molecule is CCCCCCCCCCCCCCCCCCCCCC(N)C(C)N. The fourth-order valence-electron chi connectivity index (χ4n) is 3.72. The normalized spacial score (nSPS) is 13.8. The Balaban J connectivity index is 3.03. The van der Waals surface area contributed by atoms with Crippen LogP contribution in [0.15, 0.2) is 0 Å².